The molecule has 0 aliphatic heterocycles. The lowest BCUT2D eigenvalue weighted by Crippen LogP contribution is -2.05. The van der Waals surface area contributed by atoms with E-state index in [0.717, 1.165) is 11.1 Å². The summed E-state index contributed by atoms with van der Waals surface area (Å²) < 4.78 is 0. The Morgan fingerprint density at radius 1 is 0.944 bits per heavy atom. The molecule has 0 amide bonds. The summed E-state index contributed by atoms with van der Waals surface area (Å²) in [6.45, 7) is 0. The Morgan fingerprint density at radius 2 is 1.50 bits per heavy atom. The van der Waals surface area contributed by atoms with Crippen LogP contribution < -0.4 is 0 Å². The van der Waals surface area contributed by atoms with Crippen molar-refractivity contribution >= 4 is 5.97 Å². The van der Waals surface area contributed by atoms with E-state index in [0.29, 0.717) is 5.56 Å². The van der Waals surface area contributed by atoms with Crippen molar-refractivity contribution in [3.63, 3.8) is 0 Å². The standard InChI is InChI=1S/C15H14O3/c16-14(10-15(17)18)13-8-6-12(7-9-13)11-4-2-1-3-5-11/h1-9,14,16H,10H2,(H,17,18)/t14-/m0/s1. The lowest BCUT2D eigenvalue weighted by atomic mass is 10.0. The Balaban J connectivity index is 2.18. The lowest BCUT2D eigenvalue weighted by Gasteiger charge is -2.09. The number of benzene rings is 2. The quantitative estimate of drug-likeness (QED) is 0.866. The molecule has 0 saturated carbocycles. The number of hydrogen-bond donors (Lipinski definition) is 2. The Morgan fingerprint density at radius 3 is 2.06 bits per heavy atom. The molecule has 0 aliphatic rings. The third-order valence-corrected chi connectivity index (χ3v) is 2.77. The number of carbonyl (C=O) groups is 1. The van der Waals surface area contributed by atoms with Gasteiger partial charge in [-0.2, -0.15) is 0 Å². The molecular formula is C15H14O3. The van der Waals surface area contributed by atoms with Crippen LogP contribution in [0.1, 0.15) is 18.1 Å². The van der Waals surface area contributed by atoms with Gasteiger partial charge < -0.3 is 10.2 Å². The fraction of sp³-hybridized carbons (Fsp3) is 0.133. The van der Waals surface area contributed by atoms with Gasteiger partial charge in [0.25, 0.3) is 0 Å². The van der Waals surface area contributed by atoms with Gasteiger partial charge in [-0.05, 0) is 16.7 Å². The number of aliphatic hydroxyl groups excluding tert-OH is 1. The van der Waals surface area contributed by atoms with Crippen LogP contribution in [0.15, 0.2) is 54.6 Å². The largest absolute Gasteiger partial charge is 0.481 e. The molecule has 2 N–H and O–H groups in total. The van der Waals surface area contributed by atoms with Crippen molar-refractivity contribution in [3.8, 4) is 11.1 Å². The maximum Gasteiger partial charge on any atom is 0.306 e. The van der Waals surface area contributed by atoms with Crippen LogP contribution in [0.25, 0.3) is 11.1 Å². The zero-order valence-corrected chi connectivity index (χ0v) is 9.78. The van der Waals surface area contributed by atoms with E-state index in [2.05, 4.69) is 0 Å². The molecule has 0 radical (unpaired) electrons. The number of carboxylic acids is 1. The normalized spacial score (nSPS) is 12.1. The molecule has 0 aromatic heterocycles. The summed E-state index contributed by atoms with van der Waals surface area (Å²) in [6.07, 6.45) is -1.22. The highest BCUT2D eigenvalue weighted by Crippen LogP contribution is 2.23. The van der Waals surface area contributed by atoms with Crippen molar-refractivity contribution in [2.24, 2.45) is 0 Å². The van der Waals surface area contributed by atoms with E-state index in [4.69, 9.17) is 5.11 Å². The highest BCUT2D eigenvalue weighted by atomic mass is 16.4. The fourth-order valence-corrected chi connectivity index (χ4v) is 1.81. The van der Waals surface area contributed by atoms with Crippen molar-refractivity contribution < 1.29 is 15.0 Å². The first-order valence-electron chi connectivity index (χ1n) is 5.72. The average Bonchev–Trinajstić information content (AvgIpc) is 2.39. The number of aliphatic hydroxyl groups is 1. The van der Waals surface area contributed by atoms with Crippen molar-refractivity contribution in [2.45, 2.75) is 12.5 Å². The van der Waals surface area contributed by atoms with E-state index in [1.165, 1.54) is 0 Å². The Kier molecular flexibility index (Phi) is 3.75. The molecule has 0 saturated heterocycles. The minimum Gasteiger partial charge on any atom is -0.481 e. The number of carboxylic acid groups (broad SMARTS) is 1. The molecule has 0 unspecified atom stereocenters. The molecule has 1 atom stereocenters. The first-order chi connectivity index (χ1) is 8.66. The van der Waals surface area contributed by atoms with E-state index in [1.54, 1.807) is 12.1 Å². The topological polar surface area (TPSA) is 57.5 Å². The number of hydrogen-bond acceptors (Lipinski definition) is 2. The minimum absolute atomic E-state index is 0.273. The van der Waals surface area contributed by atoms with Crippen LogP contribution >= 0.6 is 0 Å². The Bertz CT molecular complexity index is 517. The molecule has 2 rings (SSSR count). The van der Waals surface area contributed by atoms with Gasteiger partial charge in [0, 0.05) is 0 Å². The molecule has 3 heteroatoms. The zero-order chi connectivity index (χ0) is 13.0. The first kappa shape index (κ1) is 12.3. The van der Waals surface area contributed by atoms with Crippen LogP contribution in [0.3, 0.4) is 0 Å². The summed E-state index contributed by atoms with van der Waals surface area (Å²) in [7, 11) is 0. The molecule has 18 heavy (non-hydrogen) atoms. The molecule has 0 heterocycles. The van der Waals surface area contributed by atoms with Crippen LogP contribution in [0.5, 0.6) is 0 Å². The van der Waals surface area contributed by atoms with Gasteiger partial charge >= 0.3 is 5.97 Å². The maximum atomic E-state index is 10.5. The summed E-state index contributed by atoms with van der Waals surface area (Å²) in [6, 6.07) is 17.2. The van der Waals surface area contributed by atoms with E-state index < -0.39 is 12.1 Å². The summed E-state index contributed by atoms with van der Waals surface area (Å²) in [5.41, 5.74) is 2.76. The van der Waals surface area contributed by atoms with Crippen LogP contribution in [-0.4, -0.2) is 16.2 Å². The smallest absolute Gasteiger partial charge is 0.306 e. The van der Waals surface area contributed by atoms with Crippen molar-refractivity contribution in [2.75, 3.05) is 0 Å². The second-order valence-corrected chi connectivity index (χ2v) is 4.10. The second kappa shape index (κ2) is 5.47. The van der Waals surface area contributed by atoms with E-state index in [-0.39, 0.29) is 6.42 Å². The molecule has 3 nitrogen and oxygen atoms in total. The molecule has 2 aromatic rings. The van der Waals surface area contributed by atoms with Crippen molar-refractivity contribution in [3.05, 3.63) is 60.2 Å². The predicted molar refractivity (Wildman–Crippen MR) is 69.1 cm³/mol. The van der Waals surface area contributed by atoms with Crippen LogP contribution in [0, 0.1) is 0 Å². The third-order valence-electron chi connectivity index (χ3n) is 2.77. The Labute approximate surface area is 105 Å². The summed E-state index contributed by atoms with van der Waals surface area (Å²) in [5.74, 6) is -1.00. The van der Waals surface area contributed by atoms with Gasteiger partial charge in [0.1, 0.15) is 0 Å². The van der Waals surface area contributed by atoms with Crippen LogP contribution in [0.2, 0.25) is 0 Å². The maximum absolute atomic E-state index is 10.5. The molecular weight excluding hydrogens is 228 g/mol. The van der Waals surface area contributed by atoms with Crippen LogP contribution in [-0.2, 0) is 4.79 Å². The van der Waals surface area contributed by atoms with Gasteiger partial charge in [-0.1, -0.05) is 54.6 Å². The molecule has 0 aliphatic carbocycles. The van der Waals surface area contributed by atoms with Gasteiger partial charge in [-0.25, -0.2) is 0 Å². The van der Waals surface area contributed by atoms with Gasteiger partial charge in [0.15, 0.2) is 0 Å². The Hall–Kier alpha value is -2.13. The highest BCUT2D eigenvalue weighted by Gasteiger charge is 2.11. The van der Waals surface area contributed by atoms with Crippen LogP contribution in [0.4, 0.5) is 0 Å². The van der Waals surface area contributed by atoms with Crippen molar-refractivity contribution in [1.29, 1.82) is 0 Å². The van der Waals surface area contributed by atoms with Gasteiger partial charge in [0.05, 0.1) is 12.5 Å². The summed E-state index contributed by atoms with van der Waals surface area (Å²) >= 11 is 0. The molecule has 2 aromatic carbocycles. The fourth-order valence-electron chi connectivity index (χ4n) is 1.81. The number of aliphatic carboxylic acids is 1. The molecule has 0 fully saturated rings. The predicted octanol–water partition coefficient (Wildman–Crippen LogP) is 2.86. The van der Waals surface area contributed by atoms with E-state index in [9.17, 15) is 9.90 Å². The molecule has 0 bridgehead atoms. The first-order valence-corrected chi connectivity index (χ1v) is 5.72. The lowest BCUT2D eigenvalue weighted by molar-refractivity contribution is -0.139. The van der Waals surface area contributed by atoms with E-state index in [1.807, 2.05) is 42.5 Å². The third kappa shape index (κ3) is 2.96. The summed E-state index contributed by atoms with van der Waals surface area (Å²) in [4.78, 5) is 10.5. The van der Waals surface area contributed by atoms with Crippen molar-refractivity contribution in [1.82, 2.24) is 0 Å². The van der Waals surface area contributed by atoms with Gasteiger partial charge in [-0.15, -0.1) is 0 Å². The second-order valence-electron chi connectivity index (χ2n) is 4.10. The summed E-state index contributed by atoms with van der Waals surface area (Å²) in [5, 5.41) is 18.3. The van der Waals surface area contributed by atoms with Gasteiger partial charge in [0.2, 0.25) is 0 Å². The average molecular weight is 242 g/mol. The van der Waals surface area contributed by atoms with E-state index >= 15 is 0 Å². The minimum atomic E-state index is -1.00. The highest BCUT2D eigenvalue weighted by molar-refractivity contribution is 5.68. The monoisotopic (exact) mass is 242 g/mol. The van der Waals surface area contributed by atoms with Gasteiger partial charge in [-0.3, -0.25) is 4.79 Å². The molecule has 0 spiro atoms. The zero-order valence-electron chi connectivity index (χ0n) is 9.78. The molecule has 92 valence electrons. The number of rotatable bonds is 4. The SMILES string of the molecule is O=C(O)C[C@H](O)c1ccc(-c2ccccc2)cc1.